The lowest BCUT2D eigenvalue weighted by Crippen LogP contribution is -2.27. The molecular formula is C17H27NO2. The molecule has 1 aromatic carbocycles. The summed E-state index contributed by atoms with van der Waals surface area (Å²) in [6, 6.07) is 4.98. The first-order valence-electron chi connectivity index (χ1n) is 7.44. The third-order valence-corrected chi connectivity index (χ3v) is 4.22. The van der Waals surface area contributed by atoms with Crippen molar-refractivity contribution < 1.29 is 9.47 Å². The van der Waals surface area contributed by atoms with Gasteiger partial charge in [0.1, 0.15) is 0 Å². The maximum atomic E-state index is 5.44. The molecule has 1 fully saturated rings. The van der Waals surface area contributed by atoms with Gasteiger partial charge in [-0.2, -0.15) is 0 Å². The van der Waals surface area contributed by atoms with Crippen molar-refractivity contribution >= 4 is 0 Å². The lowest BCUT2D eigenvalue weighted by molar-refractivity contribution is 0.352. The molecule has 0 spiro atoms. The Hall–Kier alpha value is -1.22. The van der Waals surface area contributed by atoms with Crippen molar-refractivity contribution in [2.75, 3.05) is 20.8 Å². The summed E-state index contributed by atoms with van der Waals surface area (Å²) in [7, 11) is 3.38. The fraction of sp³-hybridized carbons (Fsp3) is 0.647. The van der Waals surface area contributed by atoms with Gasteiger partial charge in [-0.15, -0.1) is 0 Å². The van der Waals surface area contributed by atoms with Crippen LogP contribution in [-0.2, 0) is 5.41 Å². The van der Waals surface area contributed by atoms with E-state index in [0.29, 0.717) is 0 Å². The highest BCUT2D eigenvalue weighted by atomic mass is 16.5. The van der Waals surface area contributed by atoms with Crippen LogP contribution in [0.3, 0.4) is 0 Å². The van der Waals surface area contributed by atoms with E-state index in [1.807, 2.05) is 0 Å². The number of benzene rings is 1. The normalized spacial score (nSPS) is 15.2. The molecule has 112 valence electrons. The fourth-order valence-electron chi connectivity index (χ4n) is 2.72. The topological polar surface area (TPSA) is 30.5 Å². The molecule has 0 unspecified atom stereocenters. The van der Waals surface area contributed by atoms with E-state index < -0.39 is 0 Å². The van der Waals surface area contributed by atoms with Crippen molar-refractivity contribution in [3.63, 3.8) is 0 Å². The Morgan fingerprint density at radius 3 is 2.30 bits per heavy atom. The Bertz CT molecular complexity index is 464. The number of aryl methyl sites for hydroxylation is 1. The summed E-state index contributed by atoms with van der Waals surface area (Å²) in [5, 5.41) is 3.60. The molecule has 0 radical (unpaired) electrons. The zero-order valence-electron chi connectivity index (χ0n) is 13.4. The van der Waals surface area contributed by atoms with Gasteiger partial charge in [-0.05, 0) is 61.4 Å². The molecule has 1 aliphatic carbocycles. The average Bonchev–Trinajstić information content (AvgIpc) is 3.22. The fourth-order valence-corrected chi connectivity index (χ4v) is 2.72. The SMILES string of the molecule is COc1cc(C)c(C(C)(C)CCNC2CC2)cc1OC. The molecule has 0 atom stereocenters. The molecule has 0 saturated heterocycles. The maximum Gasteiger partial charge on any atom is 0.161 e. The first-order valence-corrected chi connectivity index (χ1v) is 7.44. The Labute approximate surface area is 122 Å². The molecule has 0 aromatic heterocycles. The van der Waals surface area contributed by atoms with Crippen LogP contribution in [0.2, 0.25) is 0 Å². The van der Waals surface area contributed by atoms with Crippen LogP contribution >= 0.6 is 0 Å². The summed E-state index contributed by atoms with van der Waals surface area (Å²) in [4.78, 5) is 0. The third kappa shape index (κ3) is 3.45. The van der Waals surface area contributed by atoms with Crippen molar-refractivity contribution in [1.82, 2.24) is 5.32 Å². The minimum atomic E-state index is 0.130. The molecule has 1 saturated carbocycles. The molecule has 0 heterocycles. The number of methoxy groups -OCH3 is 2. The third-order valence-electron chi connectivity index (χ3n) is 4.22. The lowest BCUT2D eigenvalue weighted by atomic mass is 9.79. The van der Waals surface area contributed by atoms with Gasteiger partial charge in [0.2, 0.25) is 0 Å². The second kappa shape index (κ2) is 6.04. The van der Waals surface area contributed by atoms with Crippen LogP contribution in [0.5, 0.6) is 11.5 Å². The van der Waals surface area contributed by atoms with Gasteiger partial charge in [0, 0.05) is 6.04 Å². The van der Waals surface area contributed by atoms with Crippen LogP contribution < -0.4 is 14.8 Å². The highest BCUT2D eigenvalue weighted by Gasteiger charge is 2.26. The second-order valence-electron chi connectivity index (χ2n) is 6.38. The number of hydrogen-bond acceptors (Lipinski definition) is 3. The predicted molar refractivity (Wildman–Crippen MR) is 83.0 cm³/mol. The van der Waals surface area contributed by atoms with Crippen LogP contribution in [0, 0.1) is 6.92 Å². The Morgan fingerprint density at radius 1 is 1.15 bits per heavy atom. The maximum absolute atomic E-state index is 5.44. The summed E-state index contributed by atoms with van der Waals surface area (Å²) in [6.45, 7) is 7.82. The molecule has 0 amide bonds. The summed E-state index contributed by atoms with van der Waals surface area (Å²) < 4.78 is 10.8. The summed E-state index contributed by atoms with van der Waals surface area (Å²) in [5.41, 5.74) is 2.73. The van der Waals surface area contributed by atoms with Gasteiger partial charge in [-0.3, -0.25) is 0 Å². The van der Waals surface area contributed by atoms with Crippen molar-refractivity contribution in [3.05, 3.63) is 23.3 Å². The average molecular weight is 277 g/mol. The molecule has 0 aliphatic heterocycles. The molecule has 1 aromatic rings. The second-order valence-corrected chi connectivity index (χ2v) is 6.38. The number of ether oxygens (including phenoxy) is 2. The smallest absolute Gasteiger partial charge is 0.161 e. The largest absolute Gasteiger partial charge is 0.493 e. The van der Waals surface area contributed by atoms with Crippen LogP contribution in [0.4, 0.5) is 0 Å². The summed E-state index contributed by atoms with van der Waals surface area (Å²) >= 11 is 0. The quantitative estimate of drug-likeness (QED) is 0.828. The highest BCUT2D eigenvalue weighted by Crippen LogP contribution is 2.37. The van der Waals surface area contributed by atoms with Gasteiger partial charge in [0.05, 0.1) is 14.2 Å². The Balaban J connectivity index is 2.15. The number of rotatable bonds is 7. The Kier molecular flexibility index (Phi) is 4.59. The van der Waals surface area contributed by atoms with E-state index in [9.17, 15) is 0 Å². The van der Waals surface area contributed by atoms with Gasteiger partial charge in [0.25, 0.3) is 0 Å². The van der Waals surface area contributed by atoms with Gasteiger partial charge >= 0.3 is 0 Å². The van der Waals surface area contributed by atoms with Gasteiger partial charge in [-0.25, -0.2) is 0 Å². The van der Waals surface area contributed by atoms with Crippen LogP contribution in [-0.4, -0.2) is 26.8 Å². The van der Waals surface area contributed by atoms with Gasteiger partial charge in [0.15, 0.2) is 11.5 Å². The zero-order chi connectivity index (χ0) is 14.8. The Morgan fingerprint density at radius 2 is 1.75 bits per heavy atom. The molecular weight excluding hydrogens is 250 g/mol. The van der Waals surface area contributed by atoms with E-state index >= 15 is 0 Å². The lowest BCUT2D eigenvalue weighted by Gasteiger charge is -2.28. The molecule has 3 heteroatoms. The molecule has 1 N–H and O–H groups in total. The van der Waals surface area contributed by atoms with Crippen molar-refractivity contribution in [3.8, 4) is 11.5 Å². The van der Waals surface area contributed by atoms with E-state index in [1.165, 1.54) is 24.0 Å². The van der Waals surface area contributed by atoms with E-state index in [0.717, 1.165) is 30.5 Å². The number of nitrogens with one attached hydrogen (secondary N) is 1. The van der Waals surface area contributed by atoms with Gasteiger partial charge in [-0.1, -0.05) is 13.8 Å². The van der Waals surface area contributed by atoms with E-state index in [1.54, 1.807) is 14.2 Å². The van der Waals surface area contributed by atoms with Gasteiger partial charge < -0.3 is 14.8 Å². The first-order chi connectivity index (χ1) is 9.47. The molecule has 0 bridgehead atoms. The van der Waals surface area contributed by atoms with E-state index in [2.05, 4.69) is 38.2 Å². The first kappa shape index (κ1) is 15.2. The van der Waals surface area contributed by atoms with E-state index in [4.69, 9.17) is 9.47 Å². The summed E-state index contributed by atoms with van der Waals surface area (Å²) in [6.07, 6.45) is 3.81. The van der Waals surface area contributed by atoms with Crippen molar-refractivity contribution in [1.29, 1.82) is 0 Å². The van der Waals surface area contributed by atoms with Crippen LogP contribution in [0.1, 0.15) is 44.2 Å². The highest BCUT2D eigenvalue weighted by molar-refractivity contribution is 5.49. The number of hydrogen-bond donors (Lipinski definition) is 1. The molecule has 3 nitrogen and oxygen atoms in total. The van der Waals surface area contributed by atoms with Crippen molar-refractivity contribution in [2.24, 2.45) is 0 Å². The molecule has 2 rings (SSSR count). The van der Waals surface area contributed by atoms with Crippen LogP contribution in [0.25, 0.3) is 0 Å². The summed E-state index contributed by atoms with van der Waals surface area (Å²) in [5.74, 6) is 1.62. The van der Waals surface area contributed by atoms with Crippen molar-refractivity contribution in [2.45, 2.75) is 51.5 Å². The van der Waals surface area contributed by atoms with Crippen LogP contribution in [0.15, 0.2) is 12.1 Å². The minimum Gasteiger partial charge on any atom is -0.493 e. The molecule has 1 aliphatic rings. The molecule has 20 heavy (non-hydrogen) atoms. The predicted octanol–water partition coefficient (Wildman–Crippen LogP) is 3.43. The van der Waals surface area contributed by atoms with E-state index in [-0.39, 0.29) is 5.41 Å². The standard InChI is InChI=1S/C17H27NO2/c1-12-10-15(19-4)16(20-5)11-14(12)17(2,3)8-9-18-13-6-7-13/h10-11,13,18H,6-9H2,1-5H3. The minimum absolute atomic E-state index is 0.130. The zero-order valence-corrected chi connectivity index (χ0v) is 13.4. The monoisotopic (exact) mass is 277 g/mol.